The van der Waals surface area contributed by atoms with Crippen molar-refractivity contribution >= 4 is 29.5 Å². The molecule has 0 saturated carbocycles. The molecule has 13 heteroatoms. The van der Waals surface area contributed by atoms with Gasteiger partial charge in [0.05, 0.1) is 25.8 Å². The number of likely N-dealkylation sites (tertiary alicyclic amines) is 1. The molecule has 2 N–H and O–H groups in total. The molecule has 6 heterocycles. The molecule has 232 valence electrons. The third-order valence-corrected chi connectivity index (χ3v) is 8.84. The van der Waals surface area contributed by atoms with Gasteiger partial charge in [-0.05, 0) is 64.5 Å². The highest BCUT2D eigenvalue weighted by Crippen LogP contribution is 2.38. The van der Waals surface area contributed by atoms with Gasteiger partial charge in [-0.15, -0.1) is 0 Å². The van der Waals surface area contributed by atoms with E-state index in [0.29, 0.717) is 31.5 Å². The lowest BCUT2D eigenvalue weighted by Gasteiger charge is -2.42. The summed E-state index contributed by atoms with van der Waals surface area (Å²) in [6, 6.07) is 0.607. The van der Waals surface area contributed by atoms with E-state index in [1.807, 2.05) is 34.6 Å². The molecule has 2 unspecified atom stereocenters. The maximum absolute atomic E-state index is 13.2. The van der Waals surface area contributed by atoms with Crippen LogP contribution in [-0.4, -0.2) is 123 Å². The summed E-state index contributed by atoms with van der Waals surface area (Å²) in [5.74, 6) is 6.84. The Bertz CT molecular complexity index is 1370. The van der Waals surface area contributed by atoms with Gasteiger partial charge >= 0.3 is 6.09 Å². The molecule has 6 rings (SSSR count). The summed E-state index contributed by atoms with van der Waals surface area (Å²) in [4.78, 5) is 40.6. The van der Waals surface area contributed by atoms with Gasteiger partial charge < -0.3 is 29.9 Å². The van der Waals surface area contributed by atoms with Gasteiger partial charge in [0.15, 0.2) is 5.65 Å². The third-order valence-electron chi connectivity index (χ3n) is 8.84. The van der Waals surface area contributed by atoms with Gasteiger partial charge in [0.1, 0.15) is 6.10 Å². The zero-order chi connectivity index (χ0) is 30.1. The van der Waals surface area contributed by atoms with Gasteiger partial charge in [0.2, 0.25) is 11.9 Å². The minimum atomic E-state index is -0.284. The van der Waals surface area contributed by atoms with E-state index in [4.69, 9.17) is 19.4 Å². The summed E-state index contributed by atoms with van der Waals surface area (Å²) in [6.07, 6.45) is 6.66. The Morgan fingerprint density at radius 2 is 1.79 bits per heavy atom. The predicted molar refractivity (Wildman–Crippen MR) is 161 cm³/mol. The van der Waals surface area contributed by atoms with E-state index < -0.39 is 0 Å². The average Bonchev–Trinajstić information content (AvgIpc) is 3.49. The Morgan fingerprint density at radius 3 is 2.47 bits per heavy atom. The molecule has 0 aromatic carbocycles. The van der Waals surface area contributed by atoms with E-state index >= 15 is 0 Å². The van der Waals surface area contributed by atoms with Crippen LogP contribution >= 0.6 is 0 Å². The minimum absolute atomic E-state index is 0.0967. The fourth-order valence-corrected chi connectivity index (χ4v) is 6.49. The number of carbonyl (C=O) groups is 2. The number of fused-ring (bicyclic) bond motifs is 3. The molecular formula is C30H43N9O4. The summed E-state index contributed by atoms with van der Waals surface area (Å²) in [5, 5.41) is 11.8. The molecule has 4 aliphatic heterocycles. The third kappa shape index (κ3) is 6.50. The van der Waals surface area contributed by atoms with Gasteiger partial charge in [0.25, 0.3) is 5.91 Å². The number of nitrogens with one attached hydrogen (secondary N) is 2. The van der Waals surface area contributed by atoms with Crippen molar-refractivity contribution in [2.75, 3.05) is 57.6 Å². The van der Waals surface area contributed by atoms with Crippen molar-refractivity contribution in [2.24, 2.45) is 0 Å². The van der Waals surface area contributed by atoms with Crippen LogP contribution in [0.3, 0.4) is 0 Å². The number of aromatic nitrogens is 4. The summed E-state index contributed by atoms with van der Waals surface area (Å²) in [5.41, 5.74) is 1.89. The average molecular weight is 594 g/mol. The van der Waals surface area contributed by atoms with E-state index in [0.717, 1.165) is 62.9 Å². The van der Waals surface area contributed by atoms with Crippen LogP contribution in [0.5, 0.6) is 0 Å². The molecule has 0 aliphatic carbocycles. The number of hydrogen-bond acceptors (Lipinski definition) is 10. The lowest BCUT2D eigenvalue weighted by Crippen LogP contribution is -2.57. The Kier molecular flexibility index (Phi) is 8.59. The molecule has 4 saturated heterocycles. The summed E-state index contributed by atoms with van der Waals surface area (Å²) < 4.78 is 13.1. The number of amides is 2. The summed E-state index contributed by atoms with van der Waals surface area (Å²) in [6.45, 7) is 7.08. The summed E-state index contributed by atoms with van der Waals surface area (Å²) >= 11 is 0. The zero-order valence-electron chi connectivity index (χ0n) is 25.6. The number of ether oxygens (including phenoxy) is 2. The first-order chi connectivity index (χ1) is 20.7. The Labute approximate surface area is 252 Å². The lowest BCUT2D eigenvalue weighted by atomic mass is 9.98. The van der Waals surface area contributed by atoms with Gasteiger partial charge in [-0.25, -0.2) is 4.79 Å². The van der Waals surface area contributed by atoms with Crippen LogP contribution in [0, 0.1) is 11.8 Å². The van der Waals surface area contributed by atoms with Crippen LogP contribution in [0.4, 0.5) is 16.7 Å². The molecule has 4 fully saturated rings. The second-order valence-corrected chi connectivity index (χ2v) is 12.8. The van der Waals surface area contributed by atoms with Crippen LogP contribution in [0.2, 0.25) is 0 Å². The molecule has 4 aliphatic rings. The molecule has 2 amide bonds. The molecule has 13 nitrogen and oxygen atoms in total. The van der Waals surface area contributed by atoms with Gasteiger partial charge in [0, 0.05) is 42.9 Å². The maximum Gasteiger partial charge on any atom is 0.410 e. The molecule has 2 bridgehead atoms. The Morgan fingerprint density at radius 1 is 1.07 bits per heavy atom. The highest BCUT2D eigenvalue weighted by molar-refractivity contribution is 5.94. The highest BCUT2D eigenvalue weighted by atomic mass is 16.6. The van der Waals surface area contributed by atoms with Crippen LogP contribution < -0.4 is 10.6 Å². The molecule has 0 radical (unpaired) electrons. The highest BCUT2D eigenvalue weighted by Gasteiger charge is 2.46. The number of piperidine rings is 1. The van der Waals surface area contributed by atoms with E-state index in [9.17, 15) is 9.59 Å². The smallest absolute Gasteiger partial charge is 0.410 e. The van der Waals surface area contributed by atoms with E-state index in [2.05, 4.69) is 41.4 Å². The zero-order valence-corrected chi connectivity index (χ0v) is 25.6. The van der Waals surface area contributed by atoms with Crippen molar-refractivity contribution < 1.29 is 19.1 Å². The number of carbonyl (C=O) groups excluding carboxylic acids is 2. The second kappa shape index (κ2) is 12.5. The first kappa shape index (κ1) is 29.4. The molecule has 43 heavy (non-hydrogen) atoms. The van der Waals surface area contributed by atoms with Crippen molar-refractivity contribution in [3.05, 3.63) is 11.8 Å². The van der Waals surface area contributed by atoms with Crippen molar-refractivity contribution in [3.63, 3.8) is 0 Å². The van der Waals surface area contributed by atoms with Crippen molar-refractivity contribution in [1.29, 1.82) is 0 Å². The number of hydrogen-bond donors (Lipinski definition) is 2. The normalized spacial score (nSPS) is 24.2. The van der Waals surface area contributed by atoms with Crippen molar-refractivity contribution in [1.82, 2.24) is 34.3 Å². The number of anilines is 2. The lowest BCUT2D eigenvalue weighted by molar-refractivity contribution is -0.135. The largest absolute Gasteiger partial charge is 0.442 e. The van der Waals surface area contributed by atoms with Crippen molar-refractivity contribution in [2.45, 2.75) is 88.6 Å². The maximum atomic E-state index is 13.2. The topological polar surface area (TPSA) is 129 Å². The van der Waals surface area contributed by atoms with Gasteiger partial charge in [-0.3, -0.25) is 9.69 Å². The standard InChI is InChI=1S/C30H43N9O4/c1-19(2)25-16-31-39-27(25)34-28(32-20-9-12-42-13-10-20)35-29(39)33-21-14-22-7-8-23(15-21)38(22)30(41)43-24-17-37(18-24)26(40)6-5-11-36(3)4/h16,19-24H,7-15,17-18H2,1-4H3,(H2,32,33,34,35). The van der Waals surface area contributed by atoms with Crippen LogP contribution in [0.15, 0.2) is 6.20 Å². The number of rotatable bonds is 7. The second-order valence-electron chi connectivity index (χ2n) is 12.8. The van der Waals surface area contributed by atoms with Crippen LogP contribution in [-0.2, 0) is 14.3 Å². The molecule has 2 aromatic heterocycles. The molecular weight excluding hydrogens is 550 g/mol. The van der Waals surface area contributed by atoms with E-state index in [1.54, 1.807) is 4.90 Å². The first-order valence-electron chi connectivity index (χ1n) is 15.5. The first-order valence-corrected chi connectivity index (χ1v) is 15.5. The predicted octanol–water partition coefficient (Wildman–Crippen LogP) is 2.16. The Balaban J connectivity index is 1.08. The van der Waals surface area contributed by atoms with Gasteiger partial charge in [-0.2, -0.15) is 19.6 Å². The minimum Gasteiger partial charge on any atom is -0.442 e. The fraction of sp³-hybridized carbons (Fsp3) is 0.700. The van der Waals surface area contributed by atoms with Crippen molar-refractivity contribution in [3.8, 4) is 11.8 Å². The van der Waals surface area contributed by atoms with E-state index in [1.165, 1.54) is 0 Å². The quantitative estimate of drug-likeness (QED) is 0.461. The van der Waals surface area contributed by atoms with Gasteiger partial charge in [-0.1, -0.05) is 19.8 Å². The summed E-state index contributed by atoms with van der Waals surface area (Å²) in [7, 11) is 3.81. The van der Waals surface area contributed by atoms with Crippen LogP contribution in [0.1, 0.15) is 63.9 Å². The number of nitrogens with zero attached hydrogens (tertiary/aromatic N) is 7. The molecule has 2 atom stereocenters. The SMILES string of the molecule is CC(C)c1cnn2c(NC3CC4CCC(C3)N4C(=O)OC3CN(C(=O)C#CCN(C)C)C3)nc(NC3CCOCC3)nc12. The van der Waals surface area contributed by atoms with Crippen LogP contribution in [0.25, 0.3) is 5.65 Å². The monoisotopic (exact) mass is 593 g/mol. The molecule has 2 aromatic rings. The van der Waals surface area contributed by atoms with E-state index in [-0.39, 0.29) is 48.2 Å². The Hall–Kier alpha value is -3.63. The molecule has 0 spiro atoms. The fourth-order valence-electron chi connectivity index (χ4n) is 6.49.